The van der Waals surface area contributed by atoms with Crippen molar-refractivity contribution in [2.45, 2.75) is 39.2 Å². The number of nitrogens with zero attached hydrogens (tertiary/aromatic N) is 1. The minimum Gasteiger partial charge on any atom is -0.481 e. The smallest absolute Gasteiger partial charge is 0.308 e. The van der Waals surface area contributed by atoms with Crippen LogP contribution in [0.5, 0.6) is 0 Å². The van der Waals surface area contributed by atoms with Crippen molar-refractivity contribution in [1.29, 1.82) is 0 Å². The van der Waals surface area contributed by atoms with E-state index < -0.39 is 11.9 Å². The summed E-state index contributed by atoms with van der Waals surface area (Å²) in [5, 5.41) is 9.10. The van der Waals surface area contributed by atoms with Gasteiger partial charge >= 0.3 is 5.97 Å². The number of carbonyl (C=O) groups excluding carboxylic acids is 1. The first-order chi connectivity index (χ1) is 8.93. The first kappa shape index (κ1) is 13.6. The van der Waals surface area contributed by atoms with Crippen LogP contribution in [0.25, 0.3) is 0 Å². The Labute approximate surface area is 112 Å². The third-order valence-corrected chi connectivity index (χ3v) is 3.84. The van der Waals surface area contributed by atoms with Crippen LogP contribution in [0.4, 0.5) is 0 Å². The molecule has 2 heterocycles. The fourth-order valence-corrected chi connectivity index (χ4v) is 2.63. The summed E-state index contributed by atoms with van der Waals surface area (Å²) in [7, 11) is 0. The van der Waals surface area contributed by atoms with E-state index in [-0.39, 0.29) is 17.9 Å². The molecule has 5 nitrogen and oxygen atoms in total. The van der Waals surface area contributed by atoms with E-state index >= 15 is 0 Å². The van der Waals surface area contributed by atoms with Gasteiger partial charge in [0.2, 0.25) is 0 Å². The lowest BCUT2D eigenvalue weighted by molar-refractivity contribution is -0.142. The van der Waals surface area contributed by atoms with Gasteiger partial charge in [-0.05, 0) is 25.3 Å². The molecule has 1 aromatic heterocycles. The van der Waals surface area contributed by atoms with E-state index in [2.05, 4.69) is 0 Å². The molecule has 1 amide bonds. The zero-order valence-corrected chi connectivity index (χ0v) is 11.4. The third kappa shape index (κ3) is 2.37. The number of carbonyl (C=O) groups is 2. The van der Waals surface area contributed by atoms with E-state index in [9.17, 15) is 9.59 Å². The van der Waals surface area contributed by atoms with E-state index in [1.54, 1.807) is 17.9 Å². The predicted molar refractivity (Wildman–Crippen MR) is 69.0 cm³/mol. The standard InChI is InChI=1S/C14H19NO4/c1-8(2)10-5-7-19-12(10)13(16)15-6-4-11(9(15)3)14(17)18/h5,7-9,11H,4,6H2,1-3H3,(H,17,18). The highest BCUT2D eigenvalue weighted by atomic mass is 16.4. The quantitative estimate of drug-likeness (QED) is 0.910. The summed E-state index contributed by atoms with van der Waals surface area (Å²) in [5.74, 6) is -0.989. The first-order valence-electron chi connectivity index (χ1n) is 6.54. The van der Waals surface area contributed by atoms with Crippen LogP contribution in [0.1, 0.15) is 49.2 Å². The van der Waals surface area contributed by atoms with E-state index in [0.29, 0.717) is 18.7 Å². The molecule has 2 unspecified atom stereocenters. The minimum absolute atomic E-state index is 0.200. The Morgan fingerprint density at radius 3 is 2.68 bits per heavy atom. The maximum atomic E-state index is 12.5. The van der Waals surface area contributed by atoms with Crippen LogP contribution in [0.3, 0.4) is 0 Å². The second kappa shape index (κ2) is 5.07. The van der Waals surface area contributed by atoms with Gasteiger partial charge in [-0.1, -0.05) is 13.8 Å². The van der Waals surface area contributed by atoms with Crippen LogP contribution < -0.4 is 0 Å². The summed E-state index contributed by atoms with van der Waals surface area (Å²) < 4.78 is 5.31. The van der Waals surface area contributed by atoms with E-state index in [4.69, 9.17) is 9.52 Å². The van der Waals surface area contributed by atoms with Crippen LogP contribution in [-0.2, 0) is 4.79 Å². The molecular formula is C14H19NO4. The Hall–Kier alpha value is -1.78. The van der Waals surface area contributed by atoms with Gasteiger partial charge in [-0.15, -0.1) is 0 Å². The van der Waals surface area contributed by atoms with Gasteiger partial charge < -0.3 is 14.4 Å². The van der Waals surface area contributed by atoms with Crippen molar-refractivity contribution in [2.75, 3.05) is 6.54 Å². The number of carboxylic acids is 1. The average Bonchev–Trinajstić information content (AvgIpc) is 2.93. The number of hydrogen-bond donors (Lipinski definition) is 1. The topological polar surface area (TPSA) is 70.8 Å². The Morgan fingerprint density at radius 1 is 1.47 bits per heavy atom. The summed E-state index contributed by atoms with van der Waals surface area (Å²) >= 11 is 0. The highest BCUT2D eigenvalue weighted by molar-refractivity contribution is 5.94. The molecule has 5 heteroatoms. The summed E-state index contributed by atoms with van der Waals surface area (Å²) in [6, 6.07) is 1.50. The molecule has 1 aliphatic rings. The number of likely N-dealkylation sites (tertiary alicyclic amines) is 1. The average molecular weight is 265 g/mol. The maximum absolute atomic E-state index is 12.5. The van der Waals surface area contributed by atoms with Crippen molar-refractivity contribution in [2.24, 2.45) is 5.92 Å². The van der Waals surface area contributed by atoms with Crippen LogP contribution in [0, 0.1) is 5.92 Å². The van der Waals surface area contributed by atoms with Crippen molar-refractivity contribution in [3.8, 4) is 0 Å². The van der Waals surface area contributed by atoms with Gasteiger partial charge in [0.15, 0.2) is 5.76 Å². The van der Waals surface area contributed by atoms with E-state index in [1.165, 1.54) is 6.26 Å². The molecule has 0 spiro atoms. The molecule has 1 saturated heterocycles. The molecule has 104 valence electrons. The van der Waals surface area contributed by atoms with E-state index in [0.717, 1.165) is 5.56 Å². The molecule has 1 fully saturated rings. The Balaban J connectivity index is 2.21. The lowest BCUT2D eigenvalue weighted by atomic mass is 10.0. The highest BCUT2D eigenvalue weighted by Gasteiger charge is 2.39. The zero-order chi connectivity index (χ0) is 14.2. The fourth-order valence-electron chi connectivity index (χ4n) is 2.63. The van der Waals surface area contributed by atoms with Gasteiger partial charge in [0.05, 0.1) is 12.2 Å². The van der Waals surface area contributed by atoms with Crippen molar-refractivity contribution in [3.63, 3.8) is 0 Å². The second-order valence-corrected chi connectivity index (χ2v) is 5.33. The molecule has 2 atom stereocenters. The van der Waals surface area contributed by atoms with Crippen LogP contribution in [-0.4, -0.2) is 34.5 Å². The van der Waals surface area contributed by atoms with Crippen molar-refractivity contribution < 1.29 is 19.1 Å². The van der Waals surface area contributed by atoms with Crippen molar-refractivity contribution >= 4 is 11.9 Å². The zero-order valence-electron chi connectivity index (χ0n) is 11.4. The fraction of sp³-hybridized carbons (Fsp3) is 0.571. The van der Waals surface area contributed by atoms with Crippen molar-refractivity contribution in [1.82, 2.24) is 4.90 Å². The first-order valence-corrected chi connectivity index (χ1v) is 6.54. The molecule has 0 bridgehead atoms. The Bertz CT molecular complexity index is 491. The van der Waals surface area contributed by atoms with Crippen LogP contribution in [0.15, 0.2) is 16.7 Å². The molecule has 0 saturated carbocycles. The molecule has 0 aliphatic carbocycles. The van der Waals surface area contributed by atoms with Gasteiger partial charge in [0, 0.05) is 18.2 Å². The lowest BCUT2D eigenvalue weighted by Gasteiger charge is -2.23. The molecule has 0 radical (unpaired) electrons. The van der Waals surface area contributed by atoms with Gasteiger partial charge in [0.1, 0.15) is 0 Å². The largest absolute Gasteiger partial charge is 0.481 e. The third-order valence-electron chi connectivity index (χ3n) is 3.84. The number of amides is 1. The van der Waals surface area contributed by atoms with E-state index in [1.807, 2.05) is 13.8 Å². The SMILES string of the molecule is CC(C)c1ccoc1C(=O)N1CCC(C(=O)O)C1C. The summed E-state index contributed by atoms with van der Waals surface area (Å²) in [4.78, 5) is 25.1. The number of hydrogen-bond acceptors (Lipinski definition) is 3. The maximum Gasteiger partial charge on any atom is 0.308 e. The van der Waals surface area contributed by atoms with Gasteiger partial charge in [-0.2, -0.15) is 0 Å². The molecule has 19 heavy (non-hydrogen) atoms. The summed E-state index contributed by atoms with van der Waals surface area (Å²) in [6.07, 6.45) is 2.01. The predicted octanol–water partition coefficient (Wildman–Crippen LogP) is 2.34. The second-order valence-electron chi connectivity index (χ2n) is 5.33. The monoisotopic (exact) mass is 265 g/mol. The molecule has 1 N–H and O–H groups in total. The number of aliphatic carboxylic acids is 1. The van der Waals surface area contributed by atoms with Crippen LogP contribution in [0.2, 0.25) is 0 Å². The van der Waals surface area contributed by atoms with Gasteiger partial charge in [-0.25, -0.2) is 0 Å². The van der Waals surface area contributed by atoms with Crippen LogP contribution >= 0.6 is 0 Å². The molecule has 2 rings (SSSR count). The van der Waals surface area contributed by atoms with Crippen molar-refractivity contribution in [3.05, 3.63) is 23.7 Å². The molecular weight excluding hydrogens is 246 g/mol. The van der Waals surface area contributed by atoms with Gasteiger partial charge in [-0.3, -0.25) is 9.59 Å². The number of rotatable bonds is 3. The molecule has 1 aromatic rings. The molecule has 0 aromatic carbocycles. The number of carboxylic acid groups (broad SMARTS) is 1. The van der Waals surface area contributed by atoms with Gasteiger partial charge in [0.25, 0.3) is 5.91 Å². The Kier molecular flexibility index (Phi) is 3.64. The minimum atomic E-state index is -0.841. The Morgan fingerprint density at radius 2 is 2.16 bits per heavy atom. The summed E-state index contributed by atoms with van der Waals surface area (Å²) in [5.41, 5.74) is 0.871. The summed E-state index contributed by atoms with van der Waals surface area (Å²) in [6.45, 7) is 6.24. The number of furan rings is 1. The normalized spacial score (nSPS) is 23.1. The lowest BCUT2D eigenvalue weighted by Crippen LogP contribution is -2.37. The highest BCUT2D eigenvalue weighted by Crippen LogP contribution is 2.29. The molecule has 1 aliphatic heterocycles.